The monoisotopic (exact) mass is 308 g/mol. The van der Waals surface area contributed by atoms with E-state index in [4.69, 9.17) is 4.74 Å². The standard InChI is InChI=1S/C20H36O2/c1-2-3-4-5-6-7-8-9-10-11-12-13-18-22-20(21)17-16-19-14-15-19/h16-17,19H,2-15,18H2,1H3. The number of rotatable bonds is 15. The van der Waals surface area contributed by atoms with Gasteiger partial charge in [-0.15, -0.1) is 0 Å². The van der Waals surface area contributed by atoms with Gasteiger partial charge in [0.2, 0.25) is 0 Å². The van der Waals surface area contributed by atoms with Gasteiger partial charge in [0.1, 0.15) is 0 Å². The Balaban J connectivity index is 1.71. The molecule has 0 aromatic carbocycles. The van der Waals surface area contributed by atoms with Crippen molar-refractivity contribution < 1.29 is 9.53 Å². The molecule has 0 saturated heterocycles. The fourth-order valence-corrected chi connectivity index (χ4v) is 2.67. The van der Waals surface area contributed by atoms with Crippen LogP contribution in [-0.4, -0.2) is 12.6 Å². The van der Waals surface area contributed by atoms with Crippen molar-refractivity contribution in [1.82, 2.24) is 0 Å². The first-order valence-corrected chi connectivity index (χ1v) is 9.68. The minimum absolute atomic E-state index is 0.157. The summed E-state index contributed by atoms with van der Waals surface area (Å²) in [6.45, 7) is 2.86. The largest absolute Gasteiger partial charge is 0.463 e. The molecule has 0 radical (unpaired) electrons. The molecule has 0 aromatic heterocycles. The molecule has 0 spiro atoms. The third-order valence-corrected chi connectivity index (χ3v) is 4.37. The first-order chi connectivity index (χ1) is 10.8. The van der Waals surface area contributed by atoms with Crippen LogP contribution in [0.25, 0.3) is 0 Å². The maximum Gasteiger partial charge on any atom is 0.330 e. The molecule has 2 nitrogen and oxygen atoms in total. The summed E-state index contributed by atoms with van der Waals surface area (Å²) in [7, 11) is 0. The van der Waals surface area contributed by atoms with Crippen molar-refractivity contribution >= 4 is 5.97 Å². The van der Waals surface area contributed by atoms with Crippen LogP contribution in [0.2, 0.25) is 0 Å². The minimum atomic E-state index is -0.157. The maximum absolute atomic E-state index is 11.4. The van der Waals surface area contributed by atoms with Gasteiger partial charge in [0.25, 0.3) is 0 Å². The van der Waals surface area contributed by atoms with Crippen LogP contribution in [0.1, 0.15) is 96.8 Å². The second kappa shape index (κ2) is 13.8. The molecule has 0 heterocycles. The molecular formula is C20H36O2. The van der Waals surface area contributed by atoms with Gasteiger partial charge in [-0.25, -0.2) is 4.79 Å². The highest BCUT2D eigenvalue weighted by molar-refractivity contribution is 5.81. The van der Waals surface area contributed by atoms with Crippen molar-refractivity contribution in [3.8, 4) is 0 Å². The zero-order chi connectivity index (χ0) is 15.9. The van der Waals surface area contributed by atoms with E-state index in [1.807, 2.05) is 6.08 Å². The molecule has 1 rings (SSSR count). The van der Waals surface area contributed by atoms with Gasteiger partial charge in [0.05, 0.1) is 6.61 Å². The lowest BCUT2D eigenvalue weighted by Crippen LogP contribution is -2.02. The Kier molecular flexibility index (Phi) is 12.1. The molecule has 0 atom stereocenters. The van der Waals surface area contributed by atoms with Crippen LogP contribution in [0.15, 0.2) is 12.2 Å². The number of ether oxygens (including phenoxy) is 1. The van der Waals surface area contributed by atoms with Crippen molar-refractivity contribution in [3.63, 3.8) is 0 Å². The number of hydrogen-bond donors (Lipinski definition) is 0. The van der Waals surface area contributed by atoms with E-state index in [1.54, 1.807) is 6.08 Å². The van der Waals surface area contributed by atoms with Crippen LogP contribution < -0.4 is 0 Å². The van der Waals surface area contributed by atoms with Crippen molar-refractivity contribution in [1.29, 1.82) is 0 Å². The third kappa shape index (κ3) is 12.9. The average Bonchev–Trinajstić information content (AvgIpc) is 3.34. The summed E-state index contributed by atoms with van der Waals surface area (Å²) < 4.78 is 5.19. The van der Waals surface area contributed by atoms with Gasteiger partial charge in [-0.1, -0.05) is 83.6 Å². The molecule has 0 amide bonds. The Labute approximate surface area is 137 Å². The van der Waals surface area contributed by atoms with Crippen molar-refractivity contribution in [2.75, 3.05) is 6.61 Å². The van der Waals surface area contributed by atoms with Crippen LogP contribution in [0.4, 0.5) is 0 Å². The summed E-state index contributed by atoms with van der Waals surface area (Å²) in [4.78, 5) is 11.4. The highest BCUT2D eigenvalue weighted by Gasteiger charge is 2.17. The first-order valence-electron chi connectivity index (χ1n) is 9.68. The van der Waals surface area contributed by atoms with E-state index in [9.17, 15) is 4.79 Å². The van der Waals surface area contributed by atoms with E-state index in [0.717, 1.165) is 6.42 Å². The van der Waals surface area contributed by atoms with Crippen LogP contribution in [0.5, 0.6) is 0 Å². The highest BCUT2D eigenvalue weighted by atomic mass is 16.5. The van der Waals surface area contributed by atoms with Gasteiger partial charge in [0, 0.05) is 6.08 Å². The summed E-state index contributed by atoms with van der Waals surface area (Å²) in [5, 5.41) is 0. The van der Waals surface area contributed by atoms with E-state index < -0.39 is 0 Å². The quantitative estimate of drug-likeness (QED) is 0.205. The molecule has 1 fully saturated rings. The predicted octanol–water partition coefficient (Wildman–Crippen LogP) is 6.20. The molecule has 1 saturated carbocycles. The number of esters is 1. The molecular weight excluding hydrogens is 272 g/mol. The number of carbonyl (C=O) groups is 1. The van der Waals surface area contributed by atoms with Gasteiger partial charge in [-0.2, -0.15) is 0 Å². The molecule has 0 aliphatic heterocycles. The second-order valence-electron chi connectivity index (χ2n) is 6.75. The SMILES string of the molecule is CCCCCCCCCCCCCCOC(=O)C=CC1CC1. The highest BCUT2D eigenvalue weighted by Crippen LogP contribution is 2.29. The predicted molar refractivity (Wildman–Crippen MR) is 93.9 cm³/mol. The fourth-order valence-electron chi connectivity index (χ4n) is 2.67. The summed E-state index contributed by atoms with van der Waals surface area (Å²) >= 11 is 0. The zero-order valence-electron chi connectivity index (χ0n) is 14.7. The Morgan fingerprint density at radius 1 is 0.864 bits per heavy atom. The van der Waals surface area contributed by atoms with Crippen molar-refractivity contribution in [3.05, 3.63) is 12.2 Å². The molecule has 2 heteroatoms. The zero-order valence-corrected chi connectivity index (χ0v) is 14.7. The van der Waals surface area contributed by atoms with E-state index in [0.29, 0.717) is 12.5 Å². The molecule has 1 aliphatic carbocycles. The first kappa shape index (κ1) is 19.3. The maximum atomic E-state index is 11.4. The Morgan fingerprint density at radius 2 is 1.36 bits per heavy atom. The Bertz CT molecular complexity index is 292. The summed E-state index contributed by atoms with van der Waals surface area (Å²) in [5.41, 5.74) is 0. The molecule has 0 aromatic rings. The normalized spacial score (nSPS) is 14.6. The molecule has 22 heavy (non-hydrogen) atoms. The van der Waals surface area contributed by atoms with Gasteiger partial charge in [-0.3, -0.25) is 0 Å². The lowest BCUT2D eigenvalue weighted by atomic mass is 10.1. The van der Waals surface area contributed by atoms with E-state index in [2.05, 4.69) is 6.92 Å². The van der Waals surface area contributed by atoms with E-state index in [-0.39, 0.29) is 5.97 Å². The summed E-state index contributed by atoms with van der Waals surface area (Å²) in [5.74, 6) is 0.495. The number of hydrogen-bond acceptors (Lipinski definition) is 2. The van der Waals surface area contributed by atoms with Gasteiger partial charge >= 0.3 is 5.97 Å². The second-order valence-corrected chi connectivity index (χ2v) is 6.75. The molecule has 0 unspecified atom stereocenters. The molecule has 128 valence electrons. The van der Waals surface area contributed by atoms with Crippen LogP contribution in [0.3, 0.4) is 0 Å². The Hall–Kier alpha value is -0.790. The molecule has 1 aliphatic rings. The van der Waals surface area contributed by atoms with Crippen LogP contribution in [0, 0.1) is 5.92 Å². The van der Waals surface area contributed by atoms with Crippen molar-refractivity contribution in [2.45, 2.75) is 96.8 Å². The van der Waals surface area contributed by atoms with Crippen molar-refractivity contribution in [2.24, 2.45) is 5.92 Å². The summed E-state index contributed by atoms with van der Waals surface area (Å²) in [6.07, 6.45) is 22.1. The fraction of sp³-hybridized carbons (Fsp3) is 0.850. The van der Waals surface area contributed by atoms with Crippen LogP contribution >= 0.6 is 0 Å². The number of carbonyl (C=O) groups excluding carboxylic acids is 1. The van der Waals surface area contributed by atoms with Gasteiger partial charge in [-0.05, 0) is 25.2 Å². The number of unbranched alkanes of at least 4 members (excludes halogenated alkanes) is 11. The Morgan fingerprint density at radius 3 is 1.86 bits per heavy atom. The lowest BCUT2D eigenvalue weighted by Gasteiger charge is -2.03. The smallest absolute Gasteiger partial charge is 0.330 e. The minimum Gasteiger partial charge on any atom is -0.463 e. The van der Waals surface area contributed by atoms with Crippen LogP contribution in [-0.2, 0) is 9.53 Å². The van der Waals surface area contributed by atoms with E-state index >= 15 is 0 Å². The average molecular weight is 309 g/mol. The topological polar surface area (TPSA) is 26.3 Å². The molecule has 0 bridgehead atoms. The molecule has 0 N–H and O–H groups in total. The lowest BCUT2D eigenvalue weighted by molar-refractivity contribution is -0.137. The summed E-state index contributed by atoms with van der Waals surface area (Å²) in [6, 6.07) is 0. The van der Waals surface area contributed by atoms with E-state index in [1.165, 1.54) is 83.5 Å². The van der Waals surface area contributed by atoms with Gasteiger partial charge < -0.3 is 4.74 Å². The third-order valence-electron chi connectivity index (χ3n) is 4.37. The number of allylic oxidation sites excluding steroid dienone is 1. The van der Waals surface area contributed by atoms with Gasteiger partial charge in [0.15, 0.2) is 0 Å².